The van der Waals surface area contributed by atoms with Crippen LogP contribution < -0.4 is 4.90 Å². The highest BCUT2D eigenvalue weighted by atomic mass is 35.5. The van der Waals surface area contributed by atoms with Crippen molar-refractivity contribution >= 4 is 46.7 Å². The van der Waals surface area contributed by atoms with Crippen molar-refractivity contribution < 1.29 is 19.1 Å². The van der Waals surface area contributed by atoms with E-state index < -0.39 is 23.7 Å². The van der Waals surface area contributed by atoms with E-state index in [1.807, 2.05) is 6.07 Å². The normalized spacial score (nSPS) is 18.2. The van der Waals surface area contributed by atoms with Gasteiger partial charge in [-0.1, -0.05) is 41.4 Å². The Hall–Kier alpha value is -2.86. The fraction of sp³-hybridized carbons (Fsp3) is 0.130. The van der Waals surface area contributed by atoms with E-state index in [1.54, 1.807) is 42.5 Å². The number of carbonyl (C=O) groups is 2. The fourth-order valence-electron chi connectivity index (χ4n) is 3.52. The van der Waals surface area contributed by atoms with Crippen LogP contribution in [0.5, 0.6) is 0 Å². The topological polar surface area (TPSA) is 70.7 Å². The first-order valence-electron chi connectivity index (χ1n) is 9.21. The lowest BCUT2D eigenvalue weighted by atomic mass is 9.90. The van der Waals surface area contributed by atoms with Gasteiger partial charge in [-0.2, -0.15) is 0 Å². The number of fused-ring (bicyclic) bond motifs is 1. The van der Waals surface area contributed by atoms with Crippen molar-refractivity contribution in [3.63, 3.8) is 0 Å². The number of carbonyl (C=O) groups excluding carboxylic acids is 2. The second-order valence-electron chi connectivity index (χ2n) is 7.00. The minimum Gasteiger partial charge on any atom is -0.465 e. The number of aliphatic hydroxyl groups is 1. The molecular formula is C23H17Cl2NO4. The molecule has 4 rings (SSSR count). The first-order valence-corrected chi connectivity index (χ1v) is 9.96. The van der Waals surface area contributed by atoms with Crippen LogP contribution in [0.1, 0.15) is 23.3 Å². The number of halogens is 2. The van der Waals surface area contributed by atoms with Crippen molar-refractivity contribution in [1.82, 2.24) is 0 Å². The summed E-state index contributed by atoms with van der Waals surface area (Å²) in [6, 6.07) is 15.4. The molecule has 0 fully saturated rings. The number of anilines is 1. The summed E-state index contributed by atoms with van der Waals surface area (Å²) in [4.78, 5) is 27.2. The van der Waals surface area contributed by atoms with Crippen LogP contribution in [0.2, 0.25) is 10.0 Å². The summed E-state index contributed by atoms with van der Waals surface area (Å²) in [5.74, 6) is -0.524. The van der Waals surface area contributed by atoms with Crippen molar-refractivity contribution in [2.45, 2.75) is 18.6 Å². The summed E-state index contributed by atoms with van der Waals surface area (Å²) in [6.07, 6.45) is 3.84. The Labute approximate surface area is 183 Å². The Balaban J connectivity index is 1.66. The Bertz CT molecular complexity index is 1140. The molecule has 1 aromatic heterocycles. The molecule has 2 aromatic carbocycles. The molecule has 2 heterocycles. The fourth-order valence-corrected chi connectivity index (χ4v) is 3.89. The van der Waals surface area contributed by atoms with Crippen LogP contribution in [0.4, 0.5) is 5.69 Å². The van der Waals surface area contributed by atoms with E-state index in [-0.39, 0.29) is 6.54 Å². The molecule has 7 heteroatoms. The van der Waals surface area contributed by atoms with Crippen LogP contribution in [0.25, 0.3) is 6.08 Å². The lowest BCUT2D eigenvalue weighted by Gasteiger charge is -2.22. The number of allylic oxidation sites excluding steroid dienone is 1. The highest BCUT2D eigenvalue weighted by Crippen LogP contribution is 2.44. The van der Waals surface area contributed by atoms with E-state index in [0.717, 1.165) is 5.56 Å². The van der Waals surface area contributed by atoms with E-state index >= 15 is 0 Å². The van der Waals surface area contributed by atoms with Crippen LogP contribution in [0, 0.1) is 0 Å². The molecule has 1 aliphatic heterocycles. The monoisotopic (exact) mass is 441 g/mol. The SMILES string of the molecule is O=C(/C=C/c1ccco1)C[C@]1(O)C(=O)N(Cc2ccccc2Cl)c2ccc(Cl)cc21. The second kappa shape index (κ2) is 8.11. The predicted molar refractivity (Wildman–Crippen MR) is 115 cm³/mol. The quantitative estimate of drug-likeness (QED) is 0.546. The van der Waals surface area contributed by atoms with Crippen LogP contribution in [0.15, 0.2) is 71.4 Å². The first kappa shape index (κ1) is 20.4. The molecule has 0 unspecified atom stereocenters. The van der Waals surface area contributed by atoms with Crippen LogP contribution in [0.3, 0.4) is 0 Å². The van der Waals surface area contributed by atoms with Crippen molar-refractivity contribution in [2.75, 3.05) is 4.90 Å². The molecule has 3 aromatic rings. The average Bonchev–Trinajstić information content (AvgIpc) is 3.30. The number of hydrogen-bond acceptors (Lipinski definition) is 4. The van der Waals surface area contributed by atoms with Gasteiger partial charge in [0, 0.05) is 15.6 Å². The molecule has 5 nitrogen and oxygen atoms in total. The Kier molecular flexibility index (Phi) is 5.52. The zero-order chi connectivity index (χ0) is 21.3. The summed E-state index contributed by atoms with van der Waals surface area (Å²) in [5, 5.41) is 12.2. The highest BCUT2D eigenvalue weighted by molar-refractivity contribution is 6.31. The maximum Gasteiger partial charge on any atom is 0.264 e. The molecule has 30 heavy (non-hydrogen) atoms. The number of ketones is 1. The minimum absolute atomic E-state index is 0.159. The third-order valence-electron chi connectivity index (χ3n) is 4.99. The van der Waals surface area contributed by atoms with Gasteiger partial charge >= 0.3 is 0 Å². The van der Waals surface area contributed by atoms with Gasteiger partial charge in [0.25, 0.3) is 5.91 Å². The van der Waals surface area contributed by atoms with Gasteiger partial charge in [0.05, 0.1) is 24.9 Å². The van der Waals surface area contributed by atoms with Crippen molar-refractivity contribution in [1.29, 1.82) is 0 Å². The summed E-state index contributed by atoms with van der Waals surface area (Å²) in [5.41, 5.74) is -0.505. The molecule has 0 aliphatic carbocycles. The van der Waals surface area contributed by atoms with Crippen molar-refractivity contribution in [3.8, 4) is 0 Å². The first-order chi connectivity index (χ1) is 14.4. The van der Waals surface area contributed by atoms with Gasteiger partial charge in [0.1, 0.15) is 5.76 Å². The lowest BCUT2D eigenvalue weighted by molar-refractivity contribution is -0.140. The number of nitrogens with zero attached hydrogens (tertiary/aromatic N) is 1. The molecule has 1 aliphatic rings. The summed E-state index contributed by atoms with van der Waals surface area (Å²) in [6.45, 7) is 0.159. The highest BCUT2D eigenvalue weighted by Gasteiger charge is 2.50. The lowest BCUT2D eigenvalue weighted by Crippen LogP contribution is -2.41. The molecule has 1 atom stereocenters. The Morgan fingerprint density at radius 1 is 1.13 bits per heavy atom. The number of amides is 1. The molecule has 0 saturated carbocycles. The van der Waals surface area contributed by atoms with E-state index in [1.165, 1.54) is 29.4 Å². The largest absolute Gasteiger partial charge is 0.465 e. The third-order valence-corrected chi connectivity index (χ3v) is 5.59. The van der Waals surface area contributed by atoms with Gasteiger partial charge in [-0.25, -0.2) is 0 Å². The van der Waals surface area contributed by atoms with Gasteiger partial charge in [-0.05, 0) is 54.1 Å². The Morgan fingerprint density at radius 2 is 1.93 bits per heavy atom. The number of furan rings is 1. The summed E-state index contributed by atoms with van der Waals surface area (Å²) in [7, 11) is 0. The zero-order valence-electron chi connectivity index (χ0n) is 15.7. The van der Waals surface area contributed by atoms with E-state index in [0.29, 0.717) is 27.1 Å². The smallest absolute Gasteiger partial charge is 0.264 e. The molecule has 0 saturated heterocycles. The molecule has 1 N–H and O–H groups in total. The van der Waals surface area contributed by atoms with E-state index in [2.05, 4.69) is 0 Å². The number of hydrogen-bond donors (Lipinski definition) is 1. The summed E-state index contributed by atoms with van der Waals surface area (Å²) < 4.78 is 5.16. The maximum absolute atomic E-state index is 13.3. The van der Waals surface area contributed by atoms with E-state index in [9.17, 15) is 14.7 Å². The molecule has 0 radical (unpaired) electrons. The molecule has 1 amide bonds. The standard InChI is InChI=1S/C23H17Cl2NO4/c24-16-7-10-21-19(12-16)23(29,13-17(27)8-9-18-5-3-11-30-18)22(28)26(21)14-15-4-1-2-6-20(15)25/h1-12,29H,13-14H2/b9-8+/t23-/m1/s1. The van der Waals surface area contributed by atoms with E-state index in [4.69, 9.17) is 27.6 Å². The third kappa shape index (κ3) is 3.79. The molecular weight excluding hydrogens is 425 g/mol. The molecule has 0 spiro atoms. The number of rotatable bonds is 6. The molecule has 152 valence electrons. The van der Waals surface area contributed by atoms with Gasteiger partial charge < -0.3 is 14.4 Å². The van der Waals surface area contributed by atoms with Crippen LogP contribution in [-0.2, 0) is 21.7 Å². The van der Waals surface area contributed by atoms with Crippen LogP contribution >= 0.6 is 23.2 Å². The minimum atomic E-state index is -2.02. The molecule has 0 bridgehead atoms. The van der Waals surface area contributed by atoms with Crippen molar-refractivity contribution in [2.24, 2.45) is 0 Å². The van der Waals surface area contributed by atoms with Gasteiger partial charge in [-0.3, -0.25) is 9.59 Å². The van der Waals surface area contributed by atoms with Gasteiger partial charge in [-0.15, -0.1) is 0 Å². The second-order valence-corrected chi connectivity index (χ2v) is 7.84. The average molecular weight is 442 g/mol. The summed E-state index contributed by atoms with van der Waals surface area (Å²) >= 11 is 12.4. The van der Waals surface area contributed by atoms with Gasteiger partial charge in [0.15, 0.2) is 11.4 Å². The Morgan fingerprint density at radius 3 is 2.67 bits per heavy atom. The predicted octanol–water partition coefficient (Wildman–Crippen LogP) is 4.99. The maximum atomic E-state index is 13.3. The zero-order valence-corrected chi connectivity index (χ0v) is 17.2. The van der Waals surface area contributed by atoms with Crippen LogP contribution in [-0.4, -0.2) is 16.8 Å². The van der Waals surface area contributed by atoms with Gasteiger partial charge in [0.2, 0.25) is 0 Å². The van der Waals surface area contributed by atoms with Crippen molar-refractivity contribution in [3.05, 3.63) is 93.9 Å². The number of benzene rings is 2.